The lowest BCUT2D eigenvalue weighted by Crippen LogP contribution is -2.47. The number of halogens is 3. The van der Waals surface area contributed by atoms with E-state index >= 15 is 0 Å². The third kappa shape index (κ3) is 5.62. The minimum Gasteiger partial charge on any atom is -0.474 e. The number of rotatable bonds is 9. The van der Waals surface area contributed by atoms with E-state index in [1.54, 1.807) is 13.3 Å². The Morgan fingerprint density at radius 3 is 2.65 bits per heavy atom. The average molecular weight is 563 g/mol. The molecule has 2 heterocycles. The number of alkyl halides is 3. The number of ether oxygens (including phenoxy) is 2. The first-order valence-corrected chi connectivity index (χ1v) is 14.9. The third-order valence-electron chi connectivity index (χ3n) is 10.2. The molecule has 10 heteroatoms. The van der Waals surface area contributed by atoms with Crippen LogP contribution in [-0.2, 0) is 4.74 Å². The summed E-state index contributed by atoms with van der Waals surface area (Å²) in [5.74, 6) is 2.96. The fourth-order valence-corrected chi connectivity index (χ4v) is 8.52. The maximum Gasteiger partial charge on any atom is 0.391 e. The van der Waals surface area contributed by atoms with Gasteiger partial charge in [0.15, 0.2) is 0 Å². The second-order valence-corrected chi connectivity index (χ2v) is 13.0. The smallest absolute Gasteiger partial charge is 0.391 e. The van der Waals surface area contributed by atoms with Gasteiger partial charge in [0.2, 0.25) is 11.8 Å². The Kier molecular flexibility index (Phi) is 7.61. The first-order chi connectivity index (χ1) is 19.1. The lowest BCUT2D eigenvalue weighted by Gasteiger charge is -2.53. The Labute approximate surface area is 233 Å². The number of anilines is 1. The fraction of sp³-hybridized carbons (Fsp3) is 0.767. The van der Waals surface area contributed by atoms with Gasteiger partial charge < -0.3 is 19.9 Å². The maximum atomic E-state index is 12.9. The highest BCUT2D eigenvalue weighted by Gasteiger charge is 2.60. The van der Waals surface area contributed by atoms with Crippen molar-refractivity contribution in [2.24, 2.45) is 23.2 Å². The zero-order valence-electron chi connectivity index (χ0n) is 23.4. The average Bonchev–Trinajstić information content (AvgIpc) is 3.06. The summed E-state index contributed by atoms with van der Waals surface area (Å²) in [4.78, 5) is 13.9. The molecule has 2 bridgehead atoms. The molecule has 220 valence electrons. The van der Waals surface area contributed by atoms with Crippen LogP contribution in [0.3, 0.4) is 0 Å². The van der Waals surface area contributed by atoms with E-state index in [9.17, 15) is 18.3 Å². The number of nitrogens with one attached hydrogen (secondary N) is 1. The number of hydrogen-bond acceptors (Lipinski definition) is 7. The molecule has 6 rings (SSSR count). The Hall–Kier alpha value is -2.20. The Morgan fingerprint density at radius 2 is 1.90 bits per heavy atom. The summed E-state index contributed by atoms with van der Waals surface area (Å²) in [7, 11) is 1.79. The Bertz CT molecular complexity index is 1200. The van der Waals surface area contributed by atoms with Crippen LogP contribution in [0.4, 0.5) is 19.1 Å². The van der Waals surface area contributed by atoms with Crippen LogP contribution in [-0.4, -0.2) is 58.2 Å². The van der Waals surface area contributed by atoms with Crippen LogP contribution in [0.25, 0.3) is 10.9 Å². The van der Waals surface area contributed by atoms with Gasteiger partial charge in [-0.05, 0) is 100 Å². The van der Waals surface area contributed by atoms with Gasteiger partial charge in [-0.25, -0.2) is 15.0 Å². The molecule has 6 atom stereocenters. The molecule has 40 heavy (non-hydrogen) atoms. The monoisotopic (exact) mass is 562 g/mol. The van der Waals surface area contributed by atoms with Gasteiger partial charge in [-0.15, -0.1) is 0 Å². The van der Waals surface area contributed by atoms with E-state index in [1.807, 2.05) is 6.20 Å². The van der Waals surface area contributed by atoms with E-state index < -0.39 is 18.6 Å². The molecule has 0 aromatic carbocycles. The zero-order chi connectivity index (χ0) is 28.1. The summed E-state index contributed by atoms with van der Waals surface area (Å²) >= 11 is 0. The largest absolute Gasteiger partial charge is 0.474 e. The molecule has 7 nitrogen and oxygen atoms in total. The molecule has 2 aromatic heterocycles. The van der Waals surface area contributed by atoms with E-state index in [-0.39, 0.29) is 24.1 Å². The van der Waals surface area contributed by atoms with Gasteiger partial charge in [0.05, 0.1) is 23.4 Å². The van der Waals surface area contributed by atoms with E-state index in [2.05, 4.69) is 10.3 Å². The Balaban J connectivity index is 1.24. The molecule has 2 unspecified atom stereocenters. The van der Waals surface area contributed by atoms with Crippen LogP contribution in [0.5, 0.6) is 5.88 Å². The zero-order valence-corrected chi connectivity index (χ0v) is 23.4. The standard InChI is InChI=1S/C30H41F3N4O3/c1-17(12-30(31,32)33)36-28-35-16-24-26(37-28)23(19-3-5-21(38)6-4-19)15-34-27(24)40-22-9-18-10-25-20(11-22)14-29(25,13-18)7-8-39-2/h15-22,25,38H,3-14H2,1-2H3,(H,35,36,37)/t17-,18-,19?,20-,21?,22-,25?,29?/m0/s1. The van der Waals surface area contributed by atoms with Crippen molar-refractivity contribution in [1.29, 1.82) is 0 Å². The summed E-state index contributed by atoms with van der Waals surface area (Å²) in [6.07, 6.45) is 8.07. The maximum absolute atomic E-state index is 12.9. The van der Waals surface area contributed by atoms with Gasteiger partial charge in [0, 0.05) is 37.7 Å². The molecule has 4 fully saturated rings. The summed E-state index contributed by atoms with van der Waals surface area (Å²) < 4.78 is 50.8. The number of aliphatic hydroxyl groups is 1. The quantitative estimate of drug-likeness (QED) is 0.365. The highest BCUT2D eigenvalue weighted by molar-refractivity contribution is 5.86. The molecule has 4 saturated carbocycles. The van der Waals surface area contributed by atoms with Crippen molar-refractivity contribution in [3.63, 3.8) is 0 Å². The second-order valence-electron chi connectivity index (χ2n) is 13.0. The number of aliphatic hydroxyl groups excluding tert-OH is 1. The highest BCUT2D eigenvalue weighted by atomic mass is 19.4. The van der Waals surface area contributed by atoms with Crippen molar-refractivity contribution in [2.45, 2.75) is 108 Å². The minimum absolute atomic E-state index is 0.0803. The summed E-state index contributed by atoms with van der Waals surface area (Å²) in [6.45, 7) is 2.32. The molecule has 0 spiro atoms. The van der Waals surface area contributed by atoms with E-state index in [4.69, 9.17) is 19.4 Å². The fourth-order valence-electron chi connectivity index (χ4n) is 8.52. The Morgan fingerprint density at radius 1 is 1.10 bits per heavy atom. The number of aromatic nitrogens is 3. The van der Waals surface area contributed by atoms with Crippen LogP contribution >= 0.6 is 0 Å². The van der Waals surface area contributed by atoms with Crippen molar-refractivity contribution >= 4 is 16.9 Å². The van der Waals surface area contributed by atoms with Crippen LogP contribution in [0, 0.1) is 23.2 Å². The number of hydrogen-bond donors (Lipinski definition) is 2. The van der Waals surface area contributed by atoms with E-state index in [0.717, 1.165) is 50.2 Å². The van der Waals surface area contributed by atoms with Gasteiger partial charge in [0.25, 0.3) is 0 Å². The molecule has 0 amide bonds. The van der Waals surface area contributed by atoms with Gasteiger partial charge in [-0.2, -0.15) is 13.2 Å². The number of nitrogens with zero attached hydrogens (tertiary/aromatic N) is 3. The molecule has 2 aromatic rings. The predicted octanol–water partition coefficient (Wildman–Crippen LogP) is 6.41. The van der Waals surface area contributed by atoms with Crippen LogP contribution in [0.1, 0.15) is 89.0 Å². The minimum atomic E-state index is -4.27. The molecule has 4 aliphatic carbocycles. The van der Waals surface area contributed by atoms with Gasteiger partial charge in [0.1, 0.15) is 6.10 Å². The SMILES string of the molecule is COCCC12C[C@@H]3CC1[C@@H](C[C@@H](Oc1ncc(C4CCC(O)CC4)c4nc(N[C@@H](C)CC(F)(F)F)ncc14)C3)C2. The lowest BCUT2D eigenvalue weighted by atomic mass is 9.52. The predicted molar refractivity (Wildman–Crippen MR) is 145 cm³/mol. The lowest BCUT2D eigenvalue weighted by molar-refractivity contribution is -0.136. The van der Waals surface area contributed by atoms with Crippen molar-refractivity contribution in [3.05, 3.63) is 18.0 Å². The number of fused-ring (bicyclic) bond motifs is 2. The van der Waals surface area contributed by atoms with Crippen LogP contribution < -0.4 is 10.1 Å². The molecule has 4 aliphatic rings. The molecular weight excluding hydrogens is 521 g/mol. The number of pyridine rings is 1. The summed E-state index contributed by atoms with van der Waals surface area (Å²) in [5.41, 5.74) is 2.10. The van der Waals surface area contributed by atoms with Crippen LogP contribution in [0.15, 0.2) is 12.4 Å². The summed E-state index contributed by atoms with van der Waals surface area (Å²) in [5, 5.41) is 13.6. The molecule has 0 aliphatic heterocycles. The van der Waals surface area contributed by atoms with Gasteiger partial charge >= 0.3 is 6.18 Å². The van der Waals surface area contributed by atoms with Crippen molar-refractivity contribution in [2.75, 3.05) is 19.0 Å². The molecule has 0 radical (unpaired) electrons. The van der Waals surface area contributed by atoms with Gasteiger partial charge in [-0.1, -0.05) is 0 Å². The van der Waals surface area contributed by atoms with Crippen molar-refractivity contribution in [3.8, 4) is 5.88 Å². The highest BCUT2D eigenvalue weighted by Crippen LogP contribution is 2.68. The molecule has 0 saturated heterocycles. The first-order valence-electron chi connectivity index (χ1n) is 14.9. The number of methoxy groups -OCH3 is 1. The molecular formula is C30H41F3N4O3. The summed E-state index contributed by atoms with van der Waals surface area (Å²) in [6, 6.07) is -0.858. The first kappa shape index (κ1) is 27.9. The van der Waals surface area contributed by atoms with Gasteiger partial charge in [-0.3, -0.25) is 0 Å². The van der Waals surface area contributed by atoms with E-state index in [0.29, 0.717) is 46.9 Å². The van der Waals surface area contributed by atoms with E-state index in [1.165, 1.54) is 26.2 Å². The van der Waals surface area contributed by atoms with Crippen molar-refractivity contribution in [1.82, 2.24) is 15.0 Å². The van der Waals surface area contributed by atoms with Crippen molar-refractivity contribution < 1.29 is 27.8 Å². The second kappa shape index (κ2) is 10.9. The normalized spacial score (nSPS) is 34.2. The topological polar surface area (TPSA) is 89.4 Å². The van der Waals surface area contributed by atoms with Crippen LogP contribution in [0.2, 0.25) is 0 Å². The third-order valence-corrected chi connectivity index (χ3v) is 10.2. The molecule has 2 N–H and O–H groups in total.